The van der Waals surface area contributed by atoms with E-state index in [1.807, 2.05) is 24.5 Å². The van der Waals surface area contributed by atoms with Gasteiger partial charge in [0, 0.05) is 16.7 Å². The Morgan fingerprint density at radius 1 is 1.25 bits per heavy atom. The molecule has 0 aliphatic carbocycles. The topological polar surface area (TPSA) is 38.9 Å². The third kappa shape index (κ3) is 2.31. The summed E-state index contributed by atoms with van der Waals surface area (Å²) in [4.78, 5) is 5.26. The molecule has 0 bridgehead atoms. The Morgan fingerprint density at radius 3 is 2.56 bits per heavy atom. The van der Waals surface area contributed by atoms with Crippen LogP contribution < -0.4 is 5.73 Å². The number of thioether (sulfide) groups is 1. The number of nitrogens with two attached hydrogens (primary N) is 1. The van der Waals surface area contributed by atoms with E-state index in [0.29, 0.717) is 10.8 Å². The fourth-order valence-corrected chi connectivity index (χ4v) is 2.02. The van der Waals surface area contributed by atoms with Gasteiger partial charge in [0.25, 0.3) is 0 Å². The molecule has 1 aromatic carbocycles. The number of benzene rings is 1. The number of rotatable bonds is 2. The van der Waals surface area contributed by atoms with Crippen molar-refractivity contribution in [1.29, 1.82) is 0 Å². The van der Waals surface area contributed by atoms with E-state index >= 15 is 0 Å². The van der Waals surface area contributed by atoms with Crippen molar-refractivity contribution in [2.24, 2.45) is 0 Å². The maximum absolute atomic E-state index is 5.90. The third-order valence-corrected chi connectivity index (χ3v) is 3.24. The Kier molecular flexibility index (Phi) is 3.36. The van der Waals surface area contributed by atoms with Gasteiger partial charge in [0.2, 0.25) is 0 Å². The van der Waals surface area contributed by atoms with Crippen LogP contribution in [0.25, 0.3) is 11.1 Å². The summed E-state index contributed by atoms with van der Waals surface area (Å²) in [7, 11) is 0. The Labute approximate surface area is 104 Å². The predicted octanol–water partition coefficient (Wildman–Crippen LogP) is 3.71. The van der Waals surface area contributed by atoms with Gasteiger partial charge in [-0.2, -0.15) is 0 Å². The van der Waals surface area contributed by atoms with E-state index in [2.05, 4.69) is 17.1 Å². The molecule has 0 amide bonds. The zero-order valence-electron chi connectivity index (χ0n) is 8.77. The Morgan fingerprint density at radius 2 is 1.94 bits per heavy atom. The number of nitrogens with zero attached hydrogens (tertiary/aromatic N) is 1. The average molecular weight is 251 g/mol. The highest BCUT2D eigenvalue weighted by molar-refractivity contribution is 7.98. The summed E-state index contributed by atoms with van der Waals surface area (Å²) in [5, 5.41) is 0.596. The Bertz CT molecular complexity index is 497. The molecule has 82 valence electrons. The summed E-state index contributed by atoms with van der Waals surface area (Å²) in [5.74, 6) is 0.501. The normalized spacial score (nSPS) is 10.4. The molecule has 16 heavy (non-hydrogen) atoms. The smallest absolute Gasteiger partial charge is 0.131 e. The fraction of sp³-hybridized carbons (Fsp3) is 0.0833. The second-order valence-corrected chi connectivity index (χ2v) is 4.63. The van der Waals surface area contributed by atoms with Gasteiger partial charge in [-0.15, -0.1) is 11.8 Å². The van der Waals surface area contributed by atoms with Crippen LogP contribution >= 0.6 is 23.4 Å². The van der Waals surface area contributed by atoms with E-state index in [4.69, 9.17) is 17.3 Å². The highest BCUT2D eigenvalue weighted by Crippen LogP contribution is 2.28. The first-order valence-electron chi connectivity index (χ1n) is 4.76. The van der Waals surface area contributed by atoms with Gasteiger partial charge < -0.3 is 5.73 Å². The lowest BCUT2D eigenvalue weighted by molar-refractivity contribution is 1.33. The summed E-state index contributed by atoms with van der Waals surface area (Å²) in [6, 6.07) is 9.99. The molecule has 1 heterocycles. The Balaban J connectivity index is 2.45. The van der Waals surface area contributed by atoms with Crippen molar-refractivity contribution >= 4 is 29.2 Å². The van der Waals surface area contributed by atoms with Crippen LogP contribution in [0.4, 0.5) is 5.82 Å². The van der Waals surface area contributed by atoms with Crippen molar-refractivity contribution in [2.45, 2.75) is 4.90 Å². The van der Waals surface area contributed by atoms with E-state index in [9.17, 15) is 0 Å². The molecule has 0 atom stereocenters. The molecule has 1 aromatic heterocycles. The largest absolute Gasteiger partial charge is 0.383 e. The van der Waals surface area contributed by atoms with E-state index in [0.717, 1.165) is 11.1 Å². The van der Waals surface area contributed by atoms with Crippen LogP contribution in [0, 0.1) is 0 Å². The third-order valence-electron chi connectivity index (χ3n) is 2.29. The van der Waals surface area contributed by atoms with E-state index in [-0.39, 0.29) is 0 Å². The molecular formula is C12H11ClN2S. The van der Waals surface area contributed by atoms with Gasteiger partial charge in [0.1, 0.15) is 5.82 Å². The van der Waals surface area contributed by atoms with Crippen molar-refractivity contribution in [1.82, 2.24) is 4.98 Å². The van der Waals surface area contributed by atoms with Crippen molar-refractivity contribution in [3.63, 3.8) is 0 Å². The van der Waals surface area contributed by atoms with Gasteiger partial charge >= 0.3 is 0 Å². The SMILES string of the molecule is CSc1ccc(-c2cc(Cl)cnc2N)cc1. The summed E-state index contributed by atoms with van der Waals surface area (Å²) in [5.41, 5.74) is 7.72. The summed E-state index contributed by atoms with van der Waals surface area (Å²) in [6.07, 6.45) is 3.60. The molecule has 2 rings (SSSR count). The van der Waals surface area contributed by atoms with Gasteiger partial charge in [-0.3, -0.25) is 0 Å². The van der Waals surface area contributed by atoms with Gasteiger partial charge in [0.05, 0.1) is 5.02 Å². The fourth-order valence-electron chi connectivity index (χ4n) is 1.45. The summed E-state index contributed by atoms with van der Waals surface area (Å²) < 4.78 is 0. The molecule has 0 spiro atoms. The highest BCUT2D eigenvalue weighted by Gasteiger charge is 2.04. The van der Waals surface area contributed by atoms with Gasteiger partial charge in [-0.25, -0.2) is 4.98 Å². The standard InChI is InChI=1S/C12H11ClN2S/c1-16-10-4-2-8(3-5-10)11-6-9(13)7-15-12(11)14/h2-7H,1H3,(H2,14,15). The molecule has 2 N–H and O–H groups in total. The monoisotopic (exact) mass is 250 g/mol. The average Bonchev–Trinajstić information content (AvgIpc) is 2.32. The molecule has 0 radical (unpaired) electrons. The van der Waals surface area contributed by atoms with Crippen LogP contribution in [0.15, 0.2) is 41.4 Å². The van der Waals surface area contributed by atoms with Crippen LogP contribution in [-0.4, -0.2) is 11.2 Å². The minimum Gasteiger partial charge on any atom is -0.383 e. The molecular weight excluding hydrogens is 240 g/mol. The molecule has 0 saturated heterocycles. The molecule has 4 heteroatoms. The molecule has 0 saturated carbocycles. The molecule has 0 aliphatic rings. The maximum Gasteiger partial charge on any atom is 0.131 e. The molecule has 0 fully saturated rings. The van der Waals surface area contributed by atoms with Gasteiger partial charge in [0.15, 0.2) is 0 Å². The zero-order chi connectivity index (χ0) is 11.5. The molecule has 0 aliphatic heterocycles. The van der Waals surface area contributed by atoms with E-state index in [1.54, 1.807) is 18.0 Å². The zero-order valence-corrected chi connectivity index (χ0v) is 10.3. The van der Waals surface area contributed by atoms with Crippen LogP contribution in [0.2, 0.25) is 5.02 Å². The quantitative estimate of drug-likeness (QED) is 0.826. The highest BCUT2D eigenvalue weighted by atomic mass is 35.5. The number of anilines is 1. The van der Waals surface area contributed by atoms with Crippen LogP contribution in [0.1, 0.15) is 0 Å². The van der Waals surface area contributed by atoms with Crippen LogP contribution in [0.3, 0.4) is 0 Å². The number of nitrogen functional groups attached to an aromatic ring is 1. The van der Waals surface area contributed by atoms with Gasteiger partial charge in [-0.05, 0) is 30.0 Å². The second-order valence-electron chi connectivity index (χ2n) is 3.31. The molecule has 2 aromatic rings. The summed E-state index contributed by atoms with van der Waals surface area (Å²) in [6.45, 7) is 0. The number of halogens is 1. The summed E-state index contributed by atoms with van der Waals surface area (Å²) >= 11 is 7.61. The number of hydrogen-bond acceptors (Lipinski definition) is 3. The predicted molar refractivity (Wildman–Crippen MR) is 70.9 cm³/mol. The lowest BCUT2D eigenvalue weighted by Gasteiger charge is -2.06. The van der Waals surface area contributed by atoms with Crippen LogP contribution in [0.5, 0.6) is 0 Å². The Hall–Kier alpha value is -1.19. The number of aromatic nitrogens is 1. The lowest BCUT2D eigenvalue weighted by Crippen LogP contribution is -1.93. The second kappa shape index (κ2) is 4.76. The van der Waals surface area contributed by atoms with Gasteiger partial charge in [-0.1, -0.05) is 23.7 Å². The minimum atomic E-state index is 0.501. The number of pyridine rings is 1. The first kappa shape index (κ1) is 11.3. The molecule has 2 nitrogen and oxygen atoms in total. The first-order chi connectivity index (χ1) is 7.70. The van der Waals surface area contributed by atoms with Crippen molar-refractivity contribution in [2.75, 3.05) is 12.0 Å². The maximum atomic E-state index is 5.90. The number of hydrogen-bond donors (Lipinski definition) is 1. The van der Waals surface area contributed by atoms with Crippen molar-refractivity contribution < 1.29 is 0 Å². The van der Waals surface area contributed by atoms with Crippen LogP contribution in [-0.2, 0) is 0 Å². The first-order valence-corrected chi connectivity index (χ1v) is 6.36. The minimum absolute atomic E-state index is 0.501. The van der Waals surface area contributed by atoms with E-state index < -0.39 is 0 Å². The van der Waals surface area contributed by atoms with E-state index in [1.165, 1.54) is 4.90 Å². The van der Waals surface area contributed by atoms with Crippen molar-refractivity contribution in [3.8, 4) is 11.1 Å². The lowest BCUT2D eigenvalue weighted by atomic mass is 10.1. The molecule has 0 unspecified atom stereocenters. The van der Waals surface area contributed by atoms with Crippen molar-refractivity contribution in [3.05, 3.63) is 41.6 Å².